The lowest BCUT2D eigenvalue weighted by Gasteiger charge is -2.51. The van der Waals surface area contributed by atoms with E-state index in [1.54, 1.807) is 0 Å². The summed E-state index contributed by atoms with van der Waals surface area (Å²) in [7, 11) is 0. The Balaban J connectivity index is 1.77. The standard InChI is InChI=1S/C19H24O2/c1-11-9-12-10-13(20)3-4-14(12)15-7-8-19(2)16(18(11)15)5-6-17(19)21/h3-4,10-11,15-16,18,20H,5-9H2,1-2H3/t11-,15+,16+,18-,19-/m1/s1. The van der Waals surface area contributed by atoms with Crippen molar-refractivity contribution in [3.05, 3.63) is 29.3 Å². The average molecular weight is 284 g/mol. The summed E-state index contributed by atoms with van der Waals surface area (Å²) in [5.74, 6) is 3.31. The predicted molar refractivity (Wildman–Crippen MR) is 82.3 cm³/mol. The zero-order valence-corrected chi connectivity index (χ0v) is 12.9. The van der Waals surface area contributed by atoms with Crippen LogP contribution in [0.25, 0.3) is 0 Å². The van der Waals surface area contributed by atoms with Gasteiger partial charge in [-0.05, 0) is 72.6 Å². The molecule has 3 aliphatic carbocycles. The summed E-state index contributed by atoms with van der Waals surface area (Å²) >= 11 is 0. The van der Waals surface area contributed by atoms with Crippen molar-refractivity contribution in [3.8, 4) is 5.75 Å². The van der Waals surface area contributed by atoms with Gasteiger partial charge in [-0.25, -0.2) is 0 Å². The topological polar surface area (TPSA) is 37.3 Å². The molecule has 21 heavy (non-hydrogen) atoms. The Hall–Kier alpha value is -1.31. The van der Waals surface area contributed by atoms with E-state index in [1.165, 1.54) is 11.1 Å². The average Bonchev–Trinajstić information content (AvgIpc) is 2.74. The van der Waals surface area contributed by atoms with Gasteiger partial charge in [0.2, 0.25) is 0 Å². The maximum Gasteiger partial charge on any atom is 0.139 e. The maximum absolute atomic E-state index is 12.4. The molecule has 5 atom stereocenters. The second kappa shape index (κ2) is 4.34. The van der Waals surface area contributed by atoms with Crippen molar-refractivity contribution >= 4 is 5.78 Å². The van der Waals surface area contributed by atoms with Crippen LogP contribution in [-0.4, -0.2) is 10.9 Å². The van der Waals surface area contributed by atoms with Crippen molar-refractivity contribution in [2.75, 3.05) is 0 Å². The van der Waals surface area contributed by atoms with E-state index in [0.29, 0.717) is 35.2 Å². The summed E-state index contributed by atoms with van der Waals surface area (Å²) in [6.45, 7) is 4.57. The van der Waals surface area contributed by atoms with E-state index in [0.717, 1.165) is 32.1 Å². The van der Waals surface area contributed by atoms with Crippen LogP contribution in [0.3, 0.4) is 0 Å². The van der Waals surface area contributed by atoms with Gasteiger partial charge in [0.1, 0.15) is 11.5 Å². The van der Waals surface area contributed by atoms with Crippen LogP contribution in [0.5, 0.6) is 5.75 Å². The minimum absolute atomic E-state index is 0.0517. The Labute approximate surface area is 126 Å². The third kappa shape index (κ3) is 1.74. The highest BCUT2D eigenvalue weighted by Crippen LogP contribution is 2.60. The fraction of sp³-hybridized carbons (Fsp3) is 0.632. The highest BCUT2D eigenvalue weighted by Gasteiger charge is 2.56. The van der Waals surface area contributed by atoms with Crippen molar-refractivity contribution in [1.29, 1.82) is 0 Å². The zero-order valence-electron chi connectivity index (χ0n) is 12.9. The molecule has 2 fully saturated rings. The first-order chi connectivity index (χ1) is 10.0. The molecule has 0 saturated heterocycles. The van der Waals surface area contributed by atoms with Gasteiger partial charge in [0.05, 0.1) is 0 Å². The molecule has 1 N–H and O–H groups in total. The van der Waals surface area contributed by atoms with Crippen LogP contribution in [0.2, 0.25) is 0 Å². The van der Waals surface area contributed by atoms with E-state index in [9.17, 15) is 9.90 Å². The molecule has 0 amide bonds. The molecule has 1 aromatic rings. The normalized spacial score (nSPS) is 41.3. The third-order valence-corrected chi connectivity index (χ3v) is 6.77. The van der Waals surface area contributed by atoms with Crippen LogP contribution in [0.1, 0.15) is 56.6 Å². The first-order valence-electron chi connectivity index (χ1n) is 8.36. The summed E-state index contributed by atoms with van der Waals surface area (Å²) in [5.41, 5.74) is 2.72. The molecule has 2 nitrogen and oxygen atoms in total. The van der Waals surface area contributed by atoms with Gasteiger partial charge in [-0.1, -0.05) is 19.9 Å². The maximum atomic E-state index is 12.4. The number of carbonyl (C=O) groups excluding carboxylic acids is 1. The second-order valence-electron chi connectivity index (χ2n) is 7.77. The molecule has 0 heterocycles. The van der Waals surface area contributed by atoms with Gasteiger partial charge in [-0.15, -0.1) is 0 Å². The highest BCUT2D eigenvalue weighted by molar-refractivity contribution is 5.87. The number of aromatic hydroxyl groups is 1. The summed E-state index contributed by atoms with van der Waals surface area (Å²) < 4.78 is 0. The largest absolute Gasteiger partial charge is 0.508 e. The van der Waals surface area contributed by atoms with Crippen LogP contribution in [-0.2, 0) is 11.2 Å². The first-order valence-corrected chi connectivity index (χ1v) is 8.36. The number of ketones is 1. The van der Waals surface area contributed by atoms with Gasteiger partial charge >= 0.3 is 0 Å². The Morgan fingerprint density at radius 1 is 1.29 bits per heavy atom. The summed E-state index contributed by atoms with van der Waals surface area (Å²) in [4.78, 5) is 12.4. The van der Waals surface area contributed by atoms with E-state index in [4.69, 9.17) is 0 Å². The van der Waals surface area contributed by atoms with Gasteiger partial charge in [-0.2, -0.15) is 0 Å². The number of Topliss-reactive ketones (excluding diaryl/α,β-unsaturated/α-hetero) is 1. The Morgan fingerprint density at radius 2 is 2.10 bits per heavy atom. The predicted octanol–water partition coefficient (Wildman–Crippen LogP) is 4.06. The summed E-state index contributed by atoms with van der Waals surface area (Å²) in [6.07, 6.45) is 5.11. The summed E-state index contributed by atoms with van der Waals surface area (Å²) in [6, 6.07) is 5.92. The van der Waals surface area contributed by atoms with Crippen molar-refractivity contribution < 1.29 is 9.90 Å². The van der Waals surface area contributed by atoms with Gasteiger partial charge in [0.15, 0.2) is 0 Å². The third-order valence-electron chi connectivity index (χ3n) is 6.77. The quantitative estimate of drug-likeness (QED) is 0.780. The number of benzene rings is 1. The van der Waals surface area contributed by atoms with Crippen LogP contribution >= 0.6 is 0 Å². The minimum atomic E-state index is -0.0517. The Bertz CT molecular complexity index is 606. The molecule has 0 aliphatic heterocycles. The van der Waals surface area contributed by atoms with Crippen LogP contribution < -0.4 is 0 Å². The fourth-order valence-corrected chi connectivity index (χ4v) is 5.74. The lowest BCUT2D eigenvalue weighted by Crippen LogP contribution is -2.45. The van der Waals surface area contributed by atoms with Crippen molar-refractivity contribution in [3.63, 3.8) is 0 Å². The Morgan fingerprint density at radius 3 is 2.90 bits per heavy atom. The van der Waals surface area contributed by atoms with Gasteiger partial charge in [0.25, 0.3) is 0 Å². The number of hydrogen-bond donors (Lipinski definition) is 1. The molecule has 0 aromatic heterocycles. The molecule has 0 unspecified atom stereocenters. The number of phenols is 1. The van der Waals surface area contributed by atoms with Crippen LogP contribution in [0.15, 0.2) is 18.2 Å². The van der Waals surface area contributed by atoms with Gasteiger partial charge < -0.3 is 5.11 Å². The molecular weight excluding hydrogens is 260 g/mol. The molecule has 4 rings (SSSR count). The number of fused-ring (bicyclic) bond motifs is 5. The summed E-state index contributed by atoms with van der Waals surface area (Å²) in [5, 5.41) is 9.75. The molecule has 1 aromatic carbocycles. The van der Waals surface area contributed by atoms with Crippen LogP contribution in [0.4, 0.5) is 0 Å². The number of phenolic OH excluding ortho intramolecular Hbond substituents is 1. The van der Waals surface area contributed by atoms with E-state index in [2.05, 4.69) is 19.9 Å². The van der Waals surface area contributed by atoms with E-state index < -0.39 is 0 Å². The molecule has 112 valence electrons. The van der Waals surface area contributed by atoms with Crippen molar-refractivity contribution in [2.45, 2.75) is 51.9 Å². The molecule has 0 spiro atoms. The smallest absolute Gasteiger partial charge is 0.139 e. The zero-order chi connectivity index (χ0) is 14.8. The fourth-order valence-electron chi connectivity index (χ4n) is 5.74. The first kappa shape index (κ1) is 13.4. The van der Waals surface area contributed by atoms with Crippen LogP contribution in [0, 0.1) is 23.2 Å². The van der Waals surface area contributed by atoms with Gasteiger partial charge in [0, 0.05) is 11.8 Å². The number of carbonyl (C=O) groups is 1. The molecule has 3 aliphatic rings. The lowest BCUT2D eigenvalue weighted by molar-refractivity contribution is -0.129. The molecule has 0 bridgehead atoms. The SMILES string of the molecule is C[C@@H]1Cc2cc(O)ccc2[C@@H]2CC[C@@]3(C)C(=O)CC[C@H]3[C@H]12. The Kier molecular flexibility index (Phi) is 2.76. The molecular formula is C19H24O2. The molecule has 0 radical (unpaired) electrons. The van der Waals surface area contributed by atoms with Gasteiger partial charge in [-0.3, -0.25) is 4.79 Å². The minimum Gasteiger partial charge on any atom is -0.508 e. The molecule has 2 saturated carbocycles. The van der Waals surface area contributed by atoms with E-state index >= 15 is 0 Å². The van der Waals surface area contributed by atoms with Crippen molar-refractivity contribution in [1.82, 2.24) is 0 Å². The van der Waals surface area contributed by atoms with Crippen molar-refractivity contribution in [2.24, 2.45) is 23.2 Å². The number of rotatable bonds is 0. The van der Waals surface area contributed by atoms with E-state index in [1.807, 2.05) is 12.1 Å². The van der Waals surface area contributed by atoms with E-state index in [-0.39, 0.29) is 5.41 Å². The second-order valence-corrected chi connectivity index (χ2v) is 7.77. The molecule has 2 heteroatoms. The monoisotopic (exact) mass is 284 g/mol. The lowest BCUT2D eigenvalue weighted by atomic mass is 9.53. The highest BCUT2D eigenvalue weighted by atomic mass is 16.3. The number of hydrogen-bond acceptors (Lipinski definition) is 2.